The van der Waals surface area contributed by atoms with Crippen molar-refractivity contribution in [2.75, 3.05) is 0 Å². The highest BCUT2D eigenvalue weighted by atomic mass is 15.0. The van der Waals surface area contributed by atoms with E-state index in [1.54, 1.807) is 0 Å². The Morgan fingerprint density at radius 1 is 1.09 bits per heavy atom. The summed E-state index contributed by atoms with van der Waals surface area (Å²) in [6.07, 6.45) is 4.38. The van der Waals surface area contributed by atoms with Gasteiger partial charge in [-0.15, -0.1) is 0 Å². The summed E-state index contributed by atoms with van der Waals surface area (Å²) in [5, 5.41) is 0. The van der Waals surface area contributed by atoms with Gasteiger partial charge >= 0.3 is 0 Å². The largest absolute Gasteiger partial charge is 0.0654 e. The summed E-state index contributed by atoms with van der Waals surface area (Å²) in [4.78, 5) is 0. The first kappa shape index (κ1) is 6.51. The molecule has 4 fully saturated rings. The Balaban J connectivity index is 1.82. The number of rotatable bonds is 3. The maximum Gasteiger partial charge on any atom is -0.0173 e. The number of hydrogen-bond donors (Lipinski definition) is 0. The van der Waals surface area contributed by atoms with E-state index < -0.39 is 0 Å². The second-order valence-electron chi connectivity index (χ2n) is 5.14. The SMILES string of the molecule is CCCC12C3C(C31)C2(C)CC. The molecule has 0 N–H and O–H groups in total. The summed E-state index contributed by atoms with van der Waals surface area (Å²) < 4.78 is 0. The van der Waals surface area contributed by atoms with Crippen LogP contribution in [-0.2, 0) is 0 Å². The second-order valence-corrected chi connectivity index (χ2v) is 5.14. The molecule has 3 unspecified atom stereocenters. The van der Waals surface area contributed by atoms with Crippen molar-refractivity contribution in [3.05, 3.63) is 0 Å². The van der Waals surface area contributed by atoms with E-state index in [0.29, 0.717) is 0 Å². The van der Waals surface area contributed by atoms with Crippen LogP contribution in [0.3, 0.4) is 0 Å². The highest BCUT2D eigenvalue weighted by Crippen LogP contribution is 3.04. The molecule has 4 saturated carbocycles. The van der Waals surface area contributed by atoms with Gasteiger partial charge in [-0.05, 0) is 41.4 Å². The fraction of sp³-hybridized carbons (Fsp3) is 1.00. The van der Waals surface area contributed by atoms with Crippen LogP contribution in [0.2, 0.25) is 0 Å². The third-order valence-corrected chi connectivity index (χ3v) is 5.30. The topological polar surface area (TPSA) is 0 Å². The molecule has 4 aliphatic carbocycles. The van der Waals surface area contributed by atoms with Gasteiger partial charge in [-0.3, -0.25) is 0 Å². The van der Waals surface area contributed by atoms with Gasteiger partial charge in [0.15, 0.2) is 0 Å². The van der Waals surface area contributed by atoms with Gasteiger partial charge in [0.05, 0.1) is 0 Å². The summed E-state index contributed by atoms with van der Waals surface area (Å²) in [6, 6.07) is 0. The molecule has 62 valence electrons. The van der Waals surface area contributed by atoms with Gasteiger partial charge in [-0.1, -0.05) is 27.2 Å². The Labute approximate surface area is 69.4 Å². The summed E-state index contributed by atoms with van der Waals surface area (Å²) in [6.45, 7) is 7.26. The fourth-order valence-corrected chi connectivity index (χ4v) is 4.60. The maximum absolute atomic E-state index is 2.54. The van der Waals surface area contributed by atoms with Crippen molar-refractivity contribution in [2.45, 2.75) is 40.0 Å². The molecule has 11 heavy (non-hydrogen) atoms. The molecule has 4 rings (SSSR count). The lowest BCUT2D eigenvalue weighted by atomic mass is 9.45. The van der Waals surface area contributed by atoms with E-state index in [4.69, 9.17) is 0 Å². The number of hydrogen-bond acceptors (Lipinski definition) is 0. The molecular formula is C11H18. The smallest absolute Gasteiger partial charge is 0.0173 e. The third kappa shape index (κ3) is 0.363. The average molecular weight is 150 g/mol. The molecule has 4 aliphatic rings. The van der Waals surface area contributed by atoms with Gasteiger partial charge in [0.25, 0.3) is 0 Å². The van der Waals surface area contributed by atoms with Gasteiger partial charge < -0.3 is 0 Å². The zero-order valence-electron chi connectivity index (χ0n) is 7.85. The molecule has 0 heteroatoms. The Kier molecular flexibility index (Phi) is 0.832. The van der Waals surface area contributed by atoms with Gasteiger partial charge in [-0.25, -0.2) is 0 Å². The molecule has 0 aliphatic heterocycles. The van der Waals surface area contributed by atoms with E-state index in [2.05, 4.69) is 20.8 Å². The van der Waals surface area contributed by atoms with Crippen molar-refractivity contribution in [3.8, 4) is 0 Å². The van der Waals surface area contributed by atoms with Crippen LogP contribution in [0.5, 0.6) is 0 Å². The highest BCUT2D eigenvalue weighted by Gasteiger charge is 3.01. The fourth-order valence-electron chi connectivity index (χ4n) is 4.60. The lowest BCUT2D eigenvalue weighted by molar-refractivity contribution is -0.112. The maximum atomic E-state index is 2.54. The normalized spacial score (nSPS) is 68.5. The molecule has 0 aromatic carbocycles. The zero-order valence-corrected chi connectivity index (χ0v) is 7.85. The average Bonchev–Trinajstić information content (AvgIpc) is 2.84. The Bertz CT molecular complexity index is 208. The molecular weight excluding hydrogens is 132 g/mol. The zero-order chi connectivity index (χ0) is 7.85. The van der Waals surface area contributed by atoms with Crippen molar-refractivity contribution >= 4 is 0 Å². The molecule has 0 saturated heterocycles. The first-order valence-corrected chi connectivity index (χ1v) is 5.24. The Morgan fingerprint density at radius 2 is 1.73 bits per heavy atom. The monoisotopic (exact) mass is 150 g/mol. The van der Waals surface area contributed by atoms with Crippen molar-refractivity contribution in [1.82, 2.24) is 0 Å². The molecule has 0 radical (unpaired) electrons. The molecule has 3 atom stereocenters. The van der Waals surface area contributed by atoms with E-state index in [9.17, 15) is 0 Å². The first-order chi connectivity index (χ1) is 5.24. The van der Waals surface area contributed by atoms with Gasteiger partial charge in [0, 0.05) is 0 Å². The predicted molar refractivity (Wildman–Crippen MR) is 46.2 cm³/mol. The lowest BCUT2D eigenvalue weighted by Crippen LogP contribution is -2.53. The minimum atomic E-state index is 0.804. The van der Waals surface area contributed by atoms with Crippen molar-refractivity contribution < 1.29 is 0 Å². The van der Waals surface area contributed by atoms with Crippen molar-refractivity contribution in [3.63, 3.8) is 0 Å². The molecule has 0 aromatic rings. The molecule has 0 spiro atoms. The van der Waals surface area contributed by atoms with Crippen LogP contribution in [0.25, 0.3) is 0 Å². The van der Waals surface area contributed by atoms with Crippen LogP contribution >= 0.6 is 0 Å². The Morgan fingerprint density at radius 3 is 2.09 bits per heavy atom. The van der Waals surface area contributed by atoms with E-state index in [1.165, 1.54) is 37.0 Å². The standard InChI is InChI=1S/C11H18/c1-4-6-11-8-7(9(8)11)10(11,3)5-2/h7-9H,4-6H2,1-3H3. The van der Waals surface area contributed by atoms with Crippen LogP contribution in [-0.4, -0.2) is 0 Å². The van der Waals surface area contributed by atoms with Gasteiger partial charge in [-0.2, -0.15) is 0 Å². The van der Waals surface area contributed by atoms with Crippen LogP contribution in [0, 0.1) is 28.6 Å². The summed E-state index contributed by atoms with van der Waals surface area (Å²) in [7, 11) is 0. The van der Waals surface area contributed by atoms with E-state index >= 15 is 0 Å². The first-order valence-electron chi connectivity index (χ1n) is 5.24. The minimum Gasteiger partial charge on any atom is -0.0654 e. The van der Waals surface area contributed by atoms with Crippen molar-refractivity contribution in [1.29, 1.82) is 0 Å². The van der Waals surface area contributed by atoms with Crippen LogP contribution in [0.1, 0.15) is 40.0 Å². The van der Waals surface area contributed by atoms with Crippen LogP contribution in [0.4, 0.5) is 0 Å². The lowest BCUT2D eigenvalue weighted by Gasteiger charge is -2.59. The molecule has 0 amide bonds. The second kappa shape index (κ2) is 1.41. The van der Waals surface area contributed by atoms with Crippen molar-refractivity contribution in [2.24, 2.45) is 28.6 Å². The minimum absolute atomic E-state index is 0.804. The predicted octanol–water partition coefficient (Wildman–Crippen LogP) is 3.08. The van der Waals surface area contributed by atoms with Crippen LogP contribution < -0.4 is 0 Å². The Hall–Kier alpha value is 0. The quantitative estimate of drug-likeness (QED) is 0.580. The van der Waals surface area contributed by atoms with E-state index in [0.717, 1.165) is 10.8 Å². The van der Waals surface area contributed by atoms with E-state index in [-0.39, 0.29) is 0 Å². The van der Waals surface area contributed by atoms with E-state index in [1.807, 2.05) is 0 Å². The molecule has 2 bridgehead atoms. The third-order valence-electron chi connectivity index (χ3n) is 5.30. The summed E-state index contributed by atoms with van der Waals surface area (Å²) >= 11 is 0. The summed E-state index contributed by atoms with van der Waals surface area (Å²) in [5.41, 5.74) is 1.71. The molecule has 0 aromatic heterocycles. The molecule has 0 heterocycles. The van der Waals surface area contributed by atoms with Crippen LogP contribution in [0.15, 0.2) is 0 Å². The summed E-state index contributed by atoms with van der Waals surface area (Å²) in [5.74, 6) is 3.65. The van der Waals surface area contributed by atoms with Gasteiger partial charge in [0.2, 0.25) is 0 Å². The highest BCUT2D eigenvalue weighted by molar-refractivity contribution is 5.47. The molecule has 0 nitrogen and oxygen atoms in total. The van der Waals surface area contributed by atoms with Gasteiger partial charge in [0.1, 0.15) is 0 Å².